The zero-order valence-electron chi connectivity index (χ0n) is 16.9. The topological polar surface area (TPSA) is 73.1 Å². The number of nitrogens with zero attached hydrogens (tertiary/aromatic N) is 5. The molecule has 29 heavy (non-hydrogen) atoms. The molecular weight excluding hydrogens is 386 g/mol. The summed E-state index contributed by atoms with van der Waals surface area (Å²) in [6.45, 7) is 5.17. The summed E-state index contributed by atoms with van der Waals surface area (Å²) in [5, 5.41) is 12.4. The summed E-state index contributed by atoms with van der Waals surface area (Å²) in [6.07, 6.45) is 1.01. The van der Waals surface area contributed by atoms with E-state index in [-0.39, 0.29) is 11.7 Å². The van der Waals surface area contributed by atoms with Gasteiger partial charge in [0.2, 0.25) is 11.1 Å². The molecule has 152 valence electrons. The fraction of sp³-hybridized carbons (Fsp3) is 0.333. The van der Waals surface area contributed by atoms with Gasteiger partial charge in [-0.15, -0.1) is 5.10 Å². The van der Waals surface area contributed by atoms with Crippen molar-refractivity contribution >= 4 is 17.7 Å². The van der Waals surface area contributed by atoms with Gasteiger partial charge < -0.3 is 9.64 Å². The molecule has 0 saturated carbocycles. The van der Waals surface area contributed by atoms with Gasteiger partial charge in [0.15, 0.2) is 0 Å². The fourth-order valence-electron chi connectivity index (χ4n) is 2.81. The number of ether oxygens (including phenoxy) is 1. The Kier molecular flexibility index (Phi) is 7.24. The first-order valence-corrected chi connectivity index (χ1v) is 10.6. The van der Waals surface area contributed by atoms with Crippen LogP contribution in [0, 0.1) is 0 Å². The van der Waals surface area contributed by atoms with E-state index >= 15 is 0 Å². The van der Waals surface area contributed by atoms with E-state index in [1.54, 1.807) is 9.58 Å². The lowest BCUT2D eigenvalue weighted by Crippen LogP contribution is -2.27. The molecule has 1 amide bonds. The van der Waals surface area contributed by atoms with E-state index in [0.717, 1.165) is 17.7 Å². The van der Waals surface area contributed by atoms with E-state index in [1.807, 2.05) is 38.2 Å². The van der Waals surface area contributed by atoms with Gasteiger partial charge in [-0.05, 0) is 47.0 Å². The molecule has 1 aromatic heterocycles. The molecule has 0 bridgehead atoms. The zero-order chi connectivity index (χ0) is 20.6. The number of carbonyl (C=O) groups is 1. The van der Waals surface area contributed by atoms with Crippen LogP contribution in [-0.2, 0) is 17.8 Å². The average molecular weight is 412 g/mol. The Labute approximate surface area is 175 Å². The lowest BCUT2D eigenvalue weighted by Gasteiger charge is -2.17. The Morgan fingerprint density at radius 3 is 2.55 bits per heavy atom. The van der Waals surface area contributed by atoms with Gasteiger partial charge in [-0.3, -0.25) is 4.79 Å². The molecule has 1 heterocycles. The number of rotatable bonds is 9. The second kappa shape index (κ2) is 10.1. The Morgan fingerprint density at radius 2 is 1.83 bits per heavy atom. The molecule has 7 nitrogen and oxygen atoms in total. The maximum absolute atomic E-state index is 12.6. The van der Waals surface area contributed by atoms with Crippen LogP contribution in [0.25, 0.3) is 5.69 Å². The third kappa shape index (κ3) is 5.35. The van der Waals surface area contributed by atoms with Crippen LogP contribution in [0.2, 0.25) is 0 Å². The predicted molar refractivity (Wildman–Crippen MR) is 113 cm³/mol. The number of hydrogen-bond acceptors (Lipinski definition) is 6. The van der Waals surface area contributed by atoms with Gasteiger partial charge in [-0.1, -0.05) is 55.1 Å². The van der Waals surface area contributed by atoms with Gasteiger partial charge in [0, 0.05) is 13.6 Å². The summed E-state index contributed by atoms with van der Waals surface area (Å²) in [4.78, 5) is 14.3. The Morgan fingerprint density at radius 1 is 1.10 bits per heavy atom. The summed E-state index contributed by atoms with van der Waals surface area (Å²) in [5.74, 6) is 0.964. The first-order chi connectivity index (χ1) is 14.1. The maximum atomic E-state index is 12.6. The van der Waals surface area contributed by atoms with Crippen LogP contribution in [0.4, 0.5) is 0 Å². The fourth-order valence-corrected chi connectivity index (χ4v) is 3.63. The molecule has 2 aromatic carbocycles. The molecule has 8 heteroatoms. The molecule has 3 rings (SSSR count). The summed E-state index contributed by atoms with van der Waals surface area (Å²) >= 11 is 1.31. The standard InChI is InChI=1S/C21H25N5O2S/c1-4-16-10-12-17(13-11-16)14-25(3)20(27)15-29-21-22-23-24-26(21)18-8-6-7-9-19(18)28-5-2/h6-13H,4-5,14-15H2,1-3H3. The van der Waals surface area contributed by atoms with Crippen molar-refractivity contribution in [3.05, 3.63) is 59.7 Å². The summed E-state index contributed by atoms with van der Waals surface area (Å²) in [7, 11) is 1.81. The Balaban J connectivity index is 1.63. The third-order valence-corrected chi connectivity index (χ3v) is 5.34. The largest absolute Gasteiger partial charge is 0.492 e. The monoisotopic (exact) mass is 411 g/mol. The third-order valence-electron chi connectivity index (χ3n) is 4.44. The number of para-hydroxylation sites is 2. The SMILES string of the molecule is CCOc1ccccc1-n1nnnc1SCC(=O)N(C)Cc1ccc(CC)cc1. The summed E-state index contributed by atoms with van der Waals surface area (Å²) in [6, 6.07) is 15.9. The van der Waals surface area contributed by atoms with Crippen LogP contribution in [0.15, 0.2) is 53.7 Å². The Hall–Kier alpha value is -2.87. The quantitative estimate of drug-likeness (QED) is 0.503. The van der Waals surface area contributed by atoms with Gasteiger partial charge in [0.05, 0.1) is 12.4 Å². The van der Waals surface area contributed by atoms with Crippen LogP contribution >= 0.6 is 11.8 Å². The number of thioether (sulfide) groups is 1. The minimum absolute atomic E-state index is 0.0159. The first kappa shape index (κ1) is 20.9. The molecule has 0 aliphatic carbocycles. The van der Waals surface area contributed by atoms with E-state index in [0.29, 0.717) is 24.1 Å². The molecule has 0 spiro atoms. The van der Waals surface area contributed by atoms with E-state index in [2.05, 4.69) is 46.7 Å². The molecule has 0 N–H and O–H groups in total. The number of benzene rings is 2. The van der Waals surface area contributed by atoms with E-state index in [9.17, 15) is 4.79 Å². The predicted octanol–water partition coefficient (Wildman–Crippen LogP) is 3.37. The van der Waals surface area contributed by atoms with Crippen molar-refractivity contribution < 1.29 is 9.53 Å². The molecule has 3 aromatic rings. The van der Waals surface area contributed by atoms with Gasteiger partial charge in [0.1, 0.15) is 11.4 Å². The highest BCUT2D eigenvalue weighted by Gasteiger charge is 2.16. The van der Waals surface area contributed by atoms with Crippen LogP contribution in [0.1, 0.15) is 25.0 Å². The number of aromatic nitrogens is 4. The lowest BCUT2D eigenvalue weighted by molar-refractivity contribution is -0.127. The van der Waals surface area contributed by atoms with Gasteiger partial charge >= 0.3 is 0 Å². The number of hydrogen-bond donors (Lipinski definition) is 0. The summed E-state index contributed by atoms with van der Waals surface area (Å²) in [5.41, 5.74) is 3.15. The maximum Gasteiger partial charge on any atom is 0.233 e. The Bertz CT molecular complexity index is 942. The highest BCUT2D eigenvalue weighted by Crippen LogP contribution is 2.26. The number of aryl methyl sites for hydroxylation is 1. The molecule has 0 radical (unpaired) electrons. The minimum Gasteiger partial charge on any atom is -0.492 e. The van der Waals surface area contributed by atoms with Crippen LogP contribution in [0.3, 0.4) is 0 Å². The highest BCUT2D eigenvalue weighted by molar-refractivity contribution is 7.99. The highest BCUT2D eigenvalue weighted by atomic mass is 32.2. The molecule has 0 atom stereocenters. The first-order valence-electron chi connectivity index (χ1n) is 9.57. The summed E-state index contributed by atoms with van der Waals surface area (Å²) < 4.78 is 7.27. The molecule has 0 aliphatic rings. The molecule has 0 fully saturated rings. The lowest BCUT2D eigenvalue weighted by atomic mass is 10.1. The van der Waals surface area contributed by atoms with E-state index < -0.39 is 0 Å². The van der Waals surface area contributed by atoms with E-state index in [4.69, 9.17) is 4.74 Å². The van der Waals surface area contributed by atoms with Crippen LogP contribution in [-0.4, -0.2) is 50.4 Å². The second-order valence-corrected chi connectivity index (χ2v) is 7.43. The van der Waals surface area contributed by atoms with Crippen molar-refractivity contribution in [1.29, 1.82) is 0 Å². The van der Waals surface area contributed by atoms with Crippen LogP contribution in [0.5, 0.6) is 5.75 Å². The number of amides is 1. The van der Waals surface area contributed by atoms with Gasteiger partial charge in [-0.2, -0.15) is 4.68 Å². The van der Waals surface area contributed by atoms with Crippen molar-refractivity contribution in [2.75, 3.05) is 19.4 Å². The normalized spacial score (nSPS) is 10.7. The van der Waals surface area contributed by atoms with Crippen molar-refractivity contribution in [3.63, 3.8) is 0 Å². The van der Waals surface area contributed by atoms with Crippen molar-refractivity contribution in [2.45, 2.75) is 32.0 Å². The smallest absolute Gasteiger partial charge is 0.233 e. The average Bonchev–Trinajstić information content (AvgIpc) is 3.21. The number of tetrazole rings is 1. The minimum atomic E-state index is 0.0159. The van der Waals surface area contributed by atoms with Crippen molar-refractivity contribution in [2.24, 2.45) is 0 Å². The van der Waals surface area contributed by atoms with E-state index in [1.165, 1.54) is 17.3 Å². The van der Waals surface area contributed by atoms with Crippen LogP contribution < -0.4 is 4.74 Å². The molecular formula is C21H25N5O2S. The molecule has 0 aliphatic heterocycles. The van der Waals surface area contributed by atoms with Gasteiger partial charge in [0.25, 0.3) is 0 Å². The number of carbonyl (C=O) groups excluding carboxylic acids is 1. The van der Waals surface area contributed by atoms with Gasteiger partial charge in [-0.25, -0.2) is 0 Å². The molecule has 0 unspecified atom stereocenters. The zero-order valence-corrected chi connectivity index (χ0v) is 17.7. The second-order valence-electron chi connectivity index (χ2n) is 6.48. The molecule has 0 saturated heterocycles. The van der Waals surface area contributed by atoms with Crippen molar-refractivity contribution in [3.8, 4) is 11.4 Å². The van der Waals surface area contributed by atoms with Crippen molar-refractivity contribution in [1.82, 2.24) is 25.1 Å².